The highest BCUT2D eigenvalue weighted by Gasteiger charge is 2.13. The molecular formula is C18H20BrNO3. The van der Waals surface area contributed by atoms with Gasteiger partial charge in [0.1, 0.15) is 0 Å². The lowest BCUT2D eigenvalue weighted by atomic mass is 10.1. The van der Waals surface area contributed by atoms with Crippen LogP contribution in [-0.2, 0) is 17.8 Å². The van der Waals surface area contributed by atoms with Crippen LogP contribution in [0.1, 0.15) is 11.1 Å². The van der Waals surface area contributed by atoms with Crippen LogP contribution in [0.15, 0.2) is 46.9 Å². The quantitative estimate of drug-likeness (QED) is 0.770. The Hall–Kier alpha value is -2.01. The third-order valence-corrected chi connectivity index (χ3v) is 4.37. The van der Waals surface area contributed by atoms with Gasteiger partial charge in [0.05, 0.1) is 20.6 Å². The summed E-state index contributed by atoms with van der Waals surface area (Å²) in [6.45, 7) is 0.563. The van der Waals surface area contributed by atoms with Gasteiger partial charge < -0.3 is 14.4 Å². The monoisotopic (exact) mass is 377 g/mol. The van der Waals surface area contributed by atoms with Crippen LogP contribution in [0, 0.1) is 0 Å². The molecule has 0 aliphatic rings. The van der Waals surface area contributed by atoms with Crippen molar-refractivity contribution in [3.05, 3.63) is 58.1 Å². The highest BCUT2D eigenvalue weighted by Crippen LogP contribution is 2.28. The lowest BCUT2D eigenvalue weighted by Gasteiger charge is -2.18. The van der Waals surface area contributed by atoms with Crippen molar-refractivity contribution in [3.8, 4) is 11.5 Å². The maximum absolute atomic E-state index is 12.4. The lowest BCUT2D eigenvalue weighted by molar-refractivity contribution is -0.129. The standard InChI is InChI=1S/C18H20BrNO3/c1-20(12-14-6-4-5-7-15(14)19)18(21)11-13-8-9-16(22-2)17(10-13)23-3/h4-10H,11-12H2,1-3H3. The van der Waals surface area contributed by atoms with Crippen LogP contribution in [0.25, 0.3) is 0 Å². The van der Waals surface area contributed by atoms with Crippen molar-refractivity contribution in [1.29, 1.82) is 0 Å². The second-order valence-corrected chi connectivity index (χ2v) is 6.06. The predicted octanol–water partition coefficient (Wildman–Crippen LogP) is 3.67. The molecule has 0 fully saturated rings. The van der Waals surface area contributed by atoms with Gasteiger partial charge in [-0.3, -0.25) is 4.79 Å². The van der Waals surface area contributed by atoms with E-state index < -0.39 is 0 Å². The Bertz CT molecular complexity index is 688. The third kappa shape index (κ3) is 4.48. The molecule has 0 N–H and O–H groups in total. The van der Waals surface area contributed by atoms with Crippen LogP contribution >= 0.6 is 15.9 Å². The highest BCUT2D eigenvalue weighted by atomic mass is 79.9. The van der Waals surface area contributed by atoms with Crippen molar-refractivity contribution in [2.75, 3.05) is 21.3 Å². The van der Waals surface area contributed by atoms with Crippen LogP contribution in [0.3, 0.4) is 0 Å². The largest absolute Gasteiger partial charge is 0.493 e. The Morgan fingerprint density at radius 3 is 2.43 bits per heavy atom. The minimum Gasteiger partial charge on any atom is -0.493 e. The van der Waals surface area contributed by atoms with E-state index in [4.69, 9.17) is 9.47 Å². The SMILES string of the molecule is COc1ccc(CC(=O)N(C)Cc2ccccc2Br)cc1OC. The molecule has 0 radical (unpaired) electrons. The Labute approximate surface area is 145 Å². The van der Waals surface area contributed by atoms with Crippen LogP contribution in [0.4, 0.5) is 0 Å². The molecule has 2 aromatic carbocycles. The Morgan fingerprint density at radius 2 is 1.78 bits per heavy atom. The van der Waals surface area contributed by atoms with Crippen molar-refractivity contribution >= 4 is 21.8 Å². The number of amides is 1. The van der Waals surface area contributed by atoms with Gasteiger partial charge in [0.25, 0.3) is 0 Å². The van der Waals surface area contributed by atoms with Crippen molar-refractivity contribution in [2.24, 2.45) is 0 Å². The van der Waals surface area contributed by atoms with Crippen molar-refractivity contribution in [1.82, 2.24) is 4.90 Å². The molecule has 0 atom stereocenters. The molecule has 0 aliphatic carbocycles. The summed E-state index contributed by atoms with van der Waals surface area (Å²) < 4.78 is 11.5. The number of rotatable bonds is 6. The van der Waals surface area contributed by atoms with E-state index in [1.807, 2.05) is 49.5 Å². The zero-order valence-corrected chi connectivity index (χ0v) is 15.1. The summed E-state index contributed by atoms with van der Waals surface area (Å²) in [6.07, 6.45) is 0.321. The molecule has 0 unspecified atom stereocenters. The predicted molar refractivity (Wildman–Crippen MR) is 93.9 cm³/mol. The number of carbonyl (C=O) groups is 1. The Balaban J connectivity index is 2.05. The molecule has 5 heteroatoms. The number of nitrogens with zero attached hydrogens (tertiary/aromatic N) is 1. The minimum atomic E-state index is 0.0490. The van der Waals surface area contributed by atoms with Gasteiger partial charge in [0, 0.05) is 18.1 Å². The maximum Gasteiger partial charge on any atom is 0.227 e. The van der Waals surface area contributed by atoms with Gasteiger partial charge in [-0.15, -0.1) is 0 Å². The van der Waals surface area contributed by atoms with E-state index in [1.54, 1.807) is 19.1 Å². The van der Waals surface area contributed by atoms with Crippen molar-refractivity contribution < 1.29 is 14.3 Å². The average molecular weight is 378 g/mol. The first-order chi connectivity index (χ1) is 11.0. The van der Waals surface area contributed by atoms with E-state index >= 15 is 0 Å². The molecule has 0 saturated carbocycles. The summed E-state index contributed by atoms with van der Waals surface area (Å²) >= 11 is 3.51. The minimum absolute atomic E-state index is 0.0490. The van der Waals surface area contributed by atoms with E-state index in [1.165, 1.54) is 0 Å². The summed E-state index contributed by atoms with van der Waals surface area (Å²) in [6, 6.07) is 13.4. The molecule has 2 rings (SSSR count). The van der Waals surface area contributed by atoms with Gasteiger partial charge >= 0.3 is 0 Å². The van der Waals surface area contributed by atoms with Crippen LogP contribution in [-0.4, -0.2) is 32.1 Å². The number of carbonyl (C=O) groups excluding carboxylic acids is 1. The average Bonchev–Trinajstić information content (AvgIpc) is 2.56. The summed E-state index contributed by atoms with van der Waals surface area (Å²) in [7, 11) is 4.99. The maximum atomic E-state index is 12.4. The fourth-order valence-electron chi connectivity index (χ4n) is 2.27. The van der Waals surface area contributed by atoms with Crippen LogP contribution in [0.5, 0.6) is 11.5 Å². The Morgan fingerprint density at radius 1 is 1.09 bits per heavy atom. The number of likely N-dealkylation sites (N-methyl/N-ethyl adjacent to an activating group) is 1. The van der Waals surface area contributed by atoms with E-state index in [0.29, 0.717) is 24.5 Å². The zero-order chi connectivity index (χ0) is 16.8. The van der Waals surface area contributed by atoms with Gasteiger partial charge in [0.15, 0.2) is 11.5 Å². The number of hydrogen-bond acceptors (Lipinski definition) is 3. The van der Waals surface area contributed by atoms with Crippen LogP contribution in [0.2, 0.25) is 0 Å². The molecule has 2 aromatic rings. The molecular weight excluding hydrogens is 358 g/mol. The van der Waals surface area contributed by atoms with E-state index in [2.05, 4.69) is 15.9 Å². The van der Waals surface area contributed by atoms with Gasteiger partial charge in [0.2, 0.25) is 5.91 Å². The molecule has 1 amide bonds. The van der Waals surface area contributed by atoms with Gasteiger partial charge in [-0.2, -0.15) is 0 Å². The second-order valence-electron chi connectivity index (χ2n) is 5.21. The summed E-state index contributed by atoms with van der Waals surface area (Å²) in [4.78, 5) is 14.1. The molecule has 0 saturated heterocycles. The molecule has 4 nitrogen and oxygen atoms in total. The first-order valence-electron chi connectivity index (χ1n) is 7.23. The lowest BCUT2D eigenvalue weighted by Crippen LogP contribution is -2.27. The fourth-order valence-corrected chi connectivity index (χ4v) is 2.68. The Kier molecular flexibility index (Phi) is 6.04. The fraction of sp³-hybridized carbons (Fsp3) is 0.278. The normalized spacial score (nSPS) is 10.3. The number of ether oxygens (including phenoxy) is 2. The van der Waals surface area contributed by atoms with E-state index in [9.17, 15) is 4.79 Å². The second kappa shape index (κ2) is 8.02. The summed E-state index contributed by atoms with van der Waals surface area (Å²) in [5.41, 5.74) is 1.97. The molecule has 0 heterocycles. The third-order valence-electron chi connectivity index (χ3n) is 3.59. The number of methoxy groups -OCH3 is 2. The van der Waals surface area contributed by atoms with E-state index in [-0.39, 0.29) is 5.91 Å². The number of benzene rings is 2. The molecule has 122 valence electrons. The molecule has 0 spiro atoms. The van der Waals surface area contributed by atoms with Crippen molar-refractivity contribution in [3.63, 3.8) is 0 Å². The summed E-state index contributed by atoms with van der Waals surface area (Å²) in [5.74, 6) is 1.34. The number of halogens is 1. The highest BCUT2D eigenvalue weighted by molar-refractivity contribution is 9.10. The topological polar surface area (TPSA) is 38.8 Å². The first kappa shape index (κ1) is 17.3. The molecule has 23 heavy (non-hydrogen) atoms. The van der Waals surface area contributed by atoms with E-state index in [0.717, 1.165) is 15.6 Å². The van der Waals surface area contributed by atoms with Gasteiger partial charge in [-0.05, 0) is 29.3 Å². The smallest absolute Gasteiger partial charge is 0.227 e. The van der Waals surface area contributed by atoms with Gasteiger partial charge in [-0.1, -0.05) is 40.2 Å². The molecule has 0 bridgehead atoms. The number of hydrogen-bond donors (Lipinski definition) is 0. The van der Waals surface area contributed by atoms with Gasteiger partial charge in [-0.25, -0.2) is 0 Å². The van der Waals surface area contributed by atoms with Crippen LogP contribution < -0.4 is 9.47 Å². The molecule has 0 aliphatic heterocycles. The van der Waals surface area contributed by atoms with Crippen molar-refractivity contribution in [2.45, 2.75) is 13.0 Å². The first-order valence-corrected chi connectivity index (χ1v) is 8.02. The summed E-state index contributed by atoms with van der Waals surface area (Å²) in [5, 5.41) is 0. The zero-order valence-electron chi connectivity index (χ0n) is 13.5. The molecule has 0 aromatic heterocycles.